The normalized spacial score (nSPS) is 18.0. The zero-order valence-corrected chi connectivity index (χ0v) is 17.3. The molecule has 1 N–H and O–H groups in total. The summed E-state index contributed by atoms with van der Waals surface area (Å²) < 4.78 is 63.8. The summed E-state index contributed by atoms with van der Waals surface area (Å²) in [5.74, 6) is -0.0941. The average Bonchev–Trinajstić information content (AvgIpc) is 2.61. The molecule has 1 amide bonds. The second-order valence-electron chi connectivity index (χ2n) is 6.58. The smallest absolute Gasteiger partial charge is 0.353 e. The van der Waals surface area contributed by atoms with Crippen LogP contribution in [0.5, 0.6) is 0 Å². The monoisotopic (exact) mass is 439 g/mol. The standard InChI is InChI=1S/C17H24F3N3O3S2/c1-3-13(2)21-16(24)12-22-8-10-23(11-9-22)28(25,26)15-6-4-14(5-7-15)27-17(18,19)20/h4-7,13H,3,8-12H2,1-2H3,(H,21,24). The van der Waals surface area contributed by atoms with Crippen LogP contribution in [-0.2, 0) is 14.8 Å². The topological polar surface area (TPSA) is 69.7 Å². The van der Waals surface area contributed by atoms with Crippen LogP contribution in [0, 0.1) is 0 Å². The third-order valence-corrected chi connectivity index (χ3v) is 7.07. The predicted molar refractivity (Wildman–Crippen MR) is 101 cm³/mol. The minimum atomic E-state index is -4.42. The molecule has 0 saturated carbocycles. The summed E-state index contributed by atoms with van der Waals surface area (Å²) >= 11 is -0.286. The Balaban J connectivity index is 1.93. The number of nitrogens with zero attached hydrogens (tertiary/aromatic N) is 2. The molecule has 1 aromatic rings. The van der Waals surface area contributed by atoms with Gasteiger partial charge in [0.15, 0.2) is 0 Å². The molecule has 0 aromatic heterocycles. The number of halogens is 3. The molecule has 6 nitrogen and oxygen atoms in total. The van der Waals surface area contributed by atoms with E-state index in [1.807, 2.05) is 18.7 Å². The van der Waals surface area contributed by atoms with Crippen molar-refractivity contribution in [3.8, 4) is 0 Å². The Labute approximate surface area is 167 Å². The number of carbonyl (C=O) groups is 1. The van der Waals surface area contributed by atoms with E-state index in [0.29, 0.717) is 13.1 Å². The van der Waals surface area contributed by atoms with Crippen LogP contribution in [0.15, 0.2) is 34.1 Å². The van der Waals surface area contributed by atoms with Crippen molar-refractivity contribution in [2.45, 2.75) is 41.6 Å². The van der Waals surface area contributed by atoms with Crippen LogP contribution in [0.25, 0.3) is 0 Å². The van der Waals surface area contributed by atoms with E-state index in [4.69, 9.17) is 0 Å². The second-order valence-corrected chi connectivity index (χ2v) is 9.65. The molecule has 2 rings (SSSR count). The van der Waals surface area contributed by atoms with Crippen LogP contribution in [-0.4, -0.2) is 67.8 Å². The van der Waals surface area contributed by atoms with E-state index in [0.717, 1.165) is 18.6 Å². The number of hydrogen-bond donors (Lipinski definition) is 1. The highest BCUT2D eigenvalue weighted by atomic mass is 32.2. The van der Waals surface area contributed by atoms with Crippen molar-refractivity contribution >= 4 is 27.7 Å². The molecule has 1 fully saturated rings. The maximum Gasteiger partial charge on any atom is 0.446 e. The van der Waals surface area contributed by atoms with Gasteiger partial charge in [-0.05, 0) is 49.4 Å². The Kier molecular flexibility index (Phi) is 7.77. The van der Waals surface area contributed by atoms with Crippen LogP contribution >= 0.6 is 11.8 Å². The molecule has 1 unspecified atom stereocenters. The van der Waals surface area contributed by atoms with Crippen molar-refractivity contribution in [1.29, 1.82) is 0 Å². The SMILES string of the molecule is CCC(C)NC(=O)CN1CCN(S(=O)(=O)c2ccc(SC(F)(F)F)cc2)CC1. The molecule has 0 bridgehead atoms. The summed E-state index contributed by atoms with van der Waals surface area (Å²) in [6.07, 6.45) is 0.831. The first-order valence-corrected chi connectivity index (χ1v) is 11.1. The first kappa shape index (κ1) is 23.0. The van der Waals surface area contributed by atoms with Gasteiger partial charge in [0.25, 0.3) is 0 Å². The summed E-state index contributed by atoms with van der Waals surface area (Å²) in [7, 11) is -3.78. The fraction of sp³-hybridized carbons (Fsp3) is 0.588. The number of carbonyl (C=O) groups excluding carboxylic acids is 1. The second kappa shape index (κ2) is 9.47. The molecule has 1 atom stereocenters. The maximum absolute atomic E-state index is 12.7. The average molecular weight is 440 g/mol. The lowest BCUT2D eigenvalue weighted by Crippen LogP contribution is -2.51. The predicted octanol–water partition coefficient (Wildman–Crippen LogP) is 2.52. The molecule has 28 heavy (non-hydrogen) atoms. The van der Waals surface area contributed by atoms with Crippen molar-refractivity contribution in [1.82, 2.24) is 14.5 Å². The van der Waals surface area contributed by atoms with Gasteiger partial charge in [0.2, 0.25) is 15.9 Å². The highest BCUT2D eigenvalue weighted by Crippen LogP contribution is 2.37. The van der Waals surface area contributed by atoms with Gasteiger partial charge in [0.1, 0.15) is 0 Å². The highest BCUT2D eigenvalue weighted by molar-refractivity contribution is 8.00. The lowest BCUT2D eigenvalue weighted by Gasteiger charge is -2.33. The molecular formula is C17H24F3N3O3S2. The van der Waals surface area contributed by atoms with Gasteiger partial charge in [-0.2, -0.15) is 17.5 Å². The molecule has 1 saturated heterocycles. The number of rotatable bonds is 7. The van der Waals surface area contributed by atoms with Crippen molar-refractivity contribution < 1.29 is 26.4 Å². The van der Waals surface area contributed by atoms with Gasteiger partial charge in [-0.1, -0.05) is 6.92 Å². The molecule has 1 heterocycles. The molecule has 11 heteroatoms. The van der Waals surface area contributed by atoms with Crippen LogP contribution in [0.2, 0.25) is 0 Å². The van der Waals surface area contributed by atoms with Crippen LogP contribution < -0.4 is 5.32 Å². The van der Waals surface area contributed by atoms with Gasteiger partial charge < -0.3 is 5.32 Å². The Bertz CT molecular complexity index is 762. The minimum Gasteiger partial charge on any atom is -0.353 e. The van der Waals surface area contributed by atoms with Gasteiger partial charge in [-0.15, -0.1) is 0 Å². The number of piperazine rings is 1. The molecule has 0 aliphatic carbocycles. The summed E-state index contributed by atoms with van der Waals surface area (Å²) in [6, 6.07) is 4.78. The Morgan fingerprint density at radius 2 is 1.75 bits per heavy atom. The fourth-order valence-corrected chi connectivity index (χ4v) is 4.68. The summed E-state index contributed by atoms with van der Waals surface area (Å²) in [5, 5.41) is 2.87. The van der Waals surface area contributed by atoms with Crippen molar-refractivity contribution in [3.05, 3.63) is 24.3 Å². The van der Waals surface area contributed by atoms with E-state index in [1.54, 1.807) is 0 Å². The number of alkyl halides is 3. The number of nitrogens with one attached hydrogen (secondary N) is 1. The molecule has 1 aromatic carbocycles. The first-order valence-electron chi connectivity index (χ1n) is 8.89. The molecule has 1 aliphatic heterocycles. The lowest BCUT2D eigenvalue weighted by atomic mass is 10.2. The number of amides is 1. The van der Waals surface area contributed by atoms with Crippen molar-refractivity contribution in [2.75, 3.05) is 32.7 Å². The molecule has 158 valence electrons. The molecular weight excluding hydrogens is 415 g/mol. The van der Waals surface area contributed by atoms with Gasteiger partial charge in [-0.3, -0.25) is 9.69 Å². The summed E-state index contributed by atoms with van der Waals surface area (Å²) in [5.41, 5.74) is -4.42. The molecule has 0 spiro atoms. The van der Waals surface area contributed by atoms with E-state index in [-0.39, 0.29) is 53.1 Å². The van der Waals surface area contributed by atoms with Crippen LogP contribution in [0.1, 0.15) is 20.3 Å². The van der Waals surface area contributed by atoms with E-state index in [2.05, 4.69) is 5.32 Å². The zero-order valence-electron chi connectivity index (χ0n) is 15.7. The van der Waals surface area contributed by atoms with E-state index >= 15 is 0 Å². The quantitative estimate of drug-likeness (QED) is 0.662. The Morgan fingerprint density at radius 3 is 2.25 bits per heavy atom. The third-order valence-electron chi connectivity index (χ3n) is 4.41. The van der Waals surface area contributed by atoms with E-state index in [9.17, 15) is 26.4 Å². The summed E-state index contributed by atoms with van der Waals surface area (Å²) in [6.45, 7) is 5.37. The molecule has 1 aliphatic rings. The first-order chi connectivity index (χ1) is 13.0. The van der Waals surface area contributed by atoms with Crippen LogP contribution in [0.3, 0.4) is 0 Å². The van der Waals surface area contributed by atoms with E-state index in [1.165, 1.54) is 16.4 Å². The van der Waals surface area contributed by atoms with Gasteiger partial charge in [0, 0.05) is 37.1 Å². The van der Waals surface area contributed by atoms with Gasteiger partial charge >= 0.3 is 5.51 Å². The highest BCUT2D eigenvalue weighted by Gasteiger charge is 2.31. The largest absolute Gasteiger partial charge is 0.446 e. The summed E-state index contributed by atoms with van der Waals surface area (Å²) in [4.78, 5) is 13.7. The fourth-order valence-electron chi connectivity index (χ4n) is 2.72. The van der Waals surface area contributed by atoms with Crippen LogP contribution in [0.4, 0.5) is 13.2 Å². The Morgan fingerprint density at radius 1 is 1.18 bits per heavy atom. The minimum absolute atomic E-state index is 0.0398. The Hall–Kier alpha value is -1.30. The van der Waals surface area contributed by atoms with E-state index < -0.39 is 15.5 Å². The lowest BCUT2D eigenvalue weighted by molar-refractivity contribution is -0.123. The number of sulfonamides is 1. The number of hydrogen-bond acceptors (Lipinski definition) is 5. The van der Waals surface area contributed by atoms with Crippen molar-refractivity contribution in [3.63, 3.8) is 0 Å². The number of benzene rings is 1. The van der Waals surface area contributed by atoms with Gasteiger partial charge in [0.05, 0.1) is 11.4 Å². The maximum atomic E-state index is 12.7. The molecule has 0 radical (unpaired) electrons. The zero-order chi connectivity index (χ0) is 20.9. The van der Waals surface area contributed by atoms with Crippen molar-refractivity contribution in [2.24, 2.45) is 0 Å². The van der Waals surface area contributed by atoms with Gasteiger partial charge in [-0.25, -0.2) is 8.42 Å². The number of thioether (sulfide) groups is 1. The third kappa shape index (κ3) is 6.64.